The van der Waals surface area contributed by atoms with Crippen LogP contribution in [0.3, 0.4) is 0 Å². The lowest BCUT2D eigenvalue weighted by Crippen LogP contribution is -2.27. The second-order valence-electron chi connectivity index (χ2n) is 5.00. The van der Waals surface area contributed by atoms with E-state index < -0.39 is 0 Å². The van der Waals surface area contributed by atoms with Crippen LogP contribution in [-0.4, -0.2) is 25.7 Å². The lowest BCUT2D eigenvalue weighted by Gasteiger charge is -2.07. The Morgan fingerprint density at radius 1 is 1.22 bits per heavy atom. The first-order chi connectivity index (χ1) is 8.79. The van der Waals surface area contributed by atoms with Crippen molar-refractivity contribution in [1.29, 1.82) is 0 Å². The Hall–Kier alpha value is -1.06. The Morgan fingerprint density at radius 2 is 2.06 bits per heavy atom. The largest absolute Gasteiger partial charge is 0.490 e. The average Bonchev–Trinajstić information content (AvgIpc) is 2.73. The Labute approximate surface area is 110 Å². The number of fused-ring (bicyclic) bond motifs is 1. The van der Waals surface area contributed by atoms with Gasteiger partial charge >= 0.3 is 0 Å². The average molecular weight is 248 g/mol. The second-order valence-corrected chi connectivity index (χ2v) is 5.00. The van der Waals surface area contributed by atoms with Crippen LogP contribution in [0.1, 0.15) is 31.4 Å². The molecule has 1 aromatic carbocycles. The fraction of sp³-hybridized carbons (Fsp3) is 0.600. The molecular weight excluding hydrogens is 224 g/mol. The van der Waals surface area contributed by atoms with Crippen LogP contribution >= 0.6 is 0 Å². The quantitative estimate of drug-likeness (QED) is 0.725. The van der Waals surface area contributed by atoms with Crippen LogP contribution in [0, 0.1) is 0 Å². The lowest BCUT2D eigenvalue weighted by atomic mass is 10.1. The van der Waals surface area contributed by atoms with Gasteiger partial charge in [0.2, 0.25) is 0 Å². The molecule has 0 saturated heterocycles. The van der Waals surface area contributed by atoms with Crippen LogP contribution in [0.15, 0.2) is 18.2 Å². The van der Waals surface area contributed by atoms with Crippen molar-refractivity contribution in [3.8, 4) is 5.75 Å². The number of ether oxygens (including phenoxy) is 1. The Balaban J connectivity index is 1.72. The summed E-state index contributed by atoms with van der Waals surface area (Å²) in [7, 11) is 0. The van der Waals surface area contributed by atoms with Crippen LogP contribution in [0.25, 0.3) is 0 Å². The minimum atomic E-state index is 0.335. The maximum Gasteiger partial charge on any atom is 0.123 e. The smallest absolute Gasteiger partial charge is 0.123 e. The highest BCUT2D eigenvalue weighted by atomic mass is 16.5. The molecule has 0 amide bonds. The first-order valence-corrected chi connectivity index (χ1v) is 6.99. The fourth-order valence-electron chi connectivity index (χ4n) is 2.30. The van der Waals surface area contributed by atoms with Crippen molar-refractivity contribution in [2.24, 2.45) is 0 Å². The van der Waals surface area contributed by atoms with Crippen molar-refractivity contribution in [3.05, 3.63) is 29.3 Å². The van der Waals surface area contributed by atoms with Gasteiger partial charge in [0.25, 0.3) is 0 Å². The normalized spacial score (nSPS) is 17.6. The summed E-state index contributed by atoms with van der Waals surface area (Å²) < 4.78 is 5.70. The molecule has 0 bridgehead atoms. The van der Waals surface area contributed by atoms with E-state index in [-0.39, 0.29) is 0 Å². The molecule has 0 fully saturated rings. The molecule has 1 aliphatic rings. The summed E-state index contributed by atoms with van der Waals surface area (Å²) in [6.07, 6.45) is 2.57. The van der Waals surface area contributed by atoms with E-state index in [4.69, 9.17) is 4.74 Å². The number of hydrogen-bond acceptors (Lipinski definition) is 3. The Kier molecular flexibility index (Phi) is 5.02. The van der Waals surface area contributed by atoms with Crippen molar-refractivity contribution in [1.82, 2.24) is 10.6 Å². The summed E-state index contributed by atoms with van der Waals surface area (Å²) in [6, 6.07) is 6.53. The first kappa shape index (κ1) is 13.4. The molecule has 1 unspecified atom stereocenters. The summed E-state index contributed by atoms with van der Waals surface area (Å²) in [4.78, 5) is 0. The number of nitrogens with one attached hydrogen (secondary N) is 2. The fourth-order valence-corrected chi connectivity index (χ4v) is 2.30. The first-order valence-electron chi connectivity index (χ1n) is 6.99. The second kappa shape index (κ2) is 6.76. The van der Waals surface area contributed by atoms with Gasteiger partial charge in [0, 0.05) is 26.1 Å². The highest BCUT2D eigenvalue weighted by molar-refractivity contribution is 5.40. The zero-order valence-electron chi connectivity index (χ0n) is 11.5. The van der Waals surface area contributed by atoms with Crippen LogP contribution < -0.4 is 15.4 Å². The third-order valence-corrected chi connectivity index (χ3v) is 3.19. The van der Waals surface area contributed by atoms with E-state index in [0.29, 0.717) is 6.10 Å². The summed E-state index contributed by atoms with van der Waals surface area (Å²) in [5.41, 5.74) is 2.70. The van der Waals surface area contributed by atoms with Crippen LogP contribution in [0.5, 0.6) is 5.75 Å². The molecule has 3 nitrogen and oxygen atoms in total. The van der Waals surface area contributed by atoms with Gasteiger partial charge in [0.1, 0.15) is 11.9 Å². The maximum absolute atomic E-state index is 5.70. The predicted molar refractivity (Wildman–Crippen MR) is 75.1 cm³/mol. The molecule has 0 spiro atoms. The zero-order chi connectivity index (χ0) is 12.8. The van der Waals surface area contributed by atoms with E-state index in [0.717, 1.165) is 38.3 Å². The lowest BCUT2D eigenvalue weighted by molar-refractivity contribution is 0.254. The van der Waals surface area contributed by atoms with Crippen molar-refractivity contribution in [2.75, 3.05) is 19.6 Å². The molecule has 0 aliphatic carbocycles. The predicted octanol–water partition coefficient (Wildman–Crippen LogP) is 2.10. The van der Waals surface area contributed by atoms with Crippen molar-refractivity contribution in [2.45, 2.75) is 39.3 Å². The molecule has 0 saturated carbocycles. The van der Waals surface area contributed by atoms with E-state index in [9.17, 15) is 0 Å². The van der Waals surface area contributed by atoms with Crippen molar-refractivity contribution in [3.63, 3.8) is 0 Å². The molecule has 1 heterocycles. The van der Waals surface area contributed by atoms with Gasteiger partial charge in [0.05, 0.1) is 0 Å². The van der Waals surface area contributed by atoms with Gasteiger partial charge in [-0.25, -0.2) is 0 Å². The van der Waals surface area contributed by atoms with E-state index in [1.165, 1.54) is 17.5 Å². The van der Waals surface area contributed by atoms with Gasteiger partial charge in [0.15, 0.2) is 0 Å². The Bertz CT molecular complexity index is 379. The molecule has 1 aliphatic heterocycles. The monoisotopic (exact) mass is 248 g/mol. The molecule has 2 rings (SSSR count). The zero-order valence-corrected chi connectivity index (χ0v) is 11.5. The SMILES string of the molecule is CCCNCCNCc1ccc2c(c1)CC(C)O2. The topological polar surface area (TPSA) is 33.3 Å². The third-order valence-electron chi connectivity index (χ3n) is 3.19. The van der Waals surface area contributed by atoms with Gasteiger partial charge in [-0.2, -0.15) is 0 Å². The summed E-state index contributed by atoms with van der Waals surface area (Å²) in [5.74, 6) is 1.07. The molecule has 1 atom stereocenters. The number of rotatable bonds is 7. The molecule has 100 valence electrons. The summed E-state index contributed by atoms with van der Waals surface area (Å²) in [6.45, 7) is 8.42. The number of hydrogen-bond donors (Lipinski definition) is 2. The molecule has 3 heteroatoms. The van der Waals surface area contributed by atoms with E-state index in [2.05, 4.69) is 42.7 Å². The highest BCUT2D eigenvalue weighted by Gasteiger charge is 2.18. The molecule has 18 heavy (non-hydrogen) atoms. The molecule has 1 aromatic rings. The van der Waals surface area contributed by atoms with Gasteiger partial charge in [-0.05, 0) is 37.1 Å². The summed E-state index contributed by atoms with van der Waals surface area (Å²) in [5, 5.41) is 6.85. The molecular formula is C15H24N2O. The van der Waals surface area contributed by atoms with Crippen LogP contribution in [-0.2, 0) is 13.0 Å². The highest BCUT2D eigenvalue weighted by Crippen LogP contribution is 2.29. The minimum absolute atomic E-state index is 0.335. The maximum atomic E-state index is 5.70. The van der Waals surface area contributed by atoms with Crippen LogP contribution in [0.2, 0.25) is 0 Å². The van der Waals surface area contributed by atoms with E-state index in [1.807, 2.05) is 0 Å². The molecule has 0 aromatic heterocycles. The van der Waals surface area contributed by atoms with Crippen LogP contribution in [0.4, 0.5) is 0 Å². The third kappa shape index (κ3) is 3.72. The van der Waals surface area contributed by atoms with Gasteiger partial charge in [-0.15, -0.1) is 0 Å². The van der Waals surface area contributed by atoms with Crippen molar-refractivity contribution >= 4 is 0 Å². The van der Waals surface area contributed by atoms with E-state index in [1.54, 1.807) is 0 Å². The molecule has 0 radical (unpaired) electrons. The number of benzene rings is 1. The van der Waals surface area contributed by atoms with Crippen molar-refractivity contribution < 1.29 is 4.74 Å². The Morgan fingerprint density at radius 3 is 2.89 bits per heavy atom. The molecule has 2 N–H and O–H groups in total. The van der Waals surface area contributed by atoms with Gasteiger partial charge < -0.3 is 15.4 Å². The minimum Gasteiger partial charge on any atom is -0.490 e. The van der Waals surface area contributed by atoms with Gasteiger partial charge in [-0.3, -0.25) is 0 Å². The summed E-state index contributed by atoms with van der Waals surface area (Å²) >= 11 is 0. The standard InChI is InChI=1S/C15H24N2O/c1-3-6-16-7-8-17-11-13-4-5-15-14(10-13)9-12(2)18-15/h4-5,10,12,16-17H,3,6-9,11H2,1-2H3. The van der Waals surface area contributed by atoms with E-state index >= 15 is 0 Å². The van der Waals surface area contributed by atoms with Gasteiger partial charge in [-0.1, -0.05) is 19.1 Å².